The molecule has 1 saturated heterocycles. The van der Waals surface area contributed by atoms with E-state index in [4.69, 9.17) is 10.5 Å². The summed E-state index contributed by atoms with van der Waals surface area (Å²) in [5.74, 6) is 0.536. The second-order valence-electron chi connectivity index (χ2n) is 6.68. The normalized spacial score (nSPS) is 16.7. The third-order valence-electron chi connectivity index (χ3n) is 4.67. The van der Waals surface area contributed by atoms with Crippen LogP contribution in [0.25, 0.3) is 0 Å². The van der Waals surface area contributed by atoms with Gasteiger partial charge in [0.2, 0.25) is 0 Å². The van der Waals surface area contributed by atoms with Gasteiger partial charge in [0.1, 0.15) is 12.4 Å². The van der Waals surface area contributed by atoms with E-state index in [0.717, 1.165) is 18.4 Å². The standard InChI is InChI=1S/C20H24FN3O2/c1-14-11-15(4-5-17(14)21)12-16-6-9-24(13-16)20(25)19-18(26-10-7-22)3-2-8-23-19/h2-5,8,11,16H,6-7,9-10,12-13,22H2,1H3. The highest BCUT2D eigenvalue weighted by molar-refractivity contribution is 5.95. The summed E-state index contributed by atoms with van der Waals surface area (Å²) in [4.78, 5) is 18.9. The van der Waals surface area contributed by atoms with Crippen LogP contribution in [0.5, 0.6) is 5.75 Å². The number of benzene rings is 1. The molecule has 0 saturated carbocycles. The molecular formula is C20H24FN3O2. The van der Waals surface area contributed by atoms with Crippen LogP contribution in [0, 0.1) is 18.7 Å². The van der Waals surface area contributed by atoms with Gasteiger partial charge in [-0.15, -0.1) is 0 Å². The first kappa shape index (κ1) is 18.3. The second kappa shape index (κ2) is 8.27. The number of likely N-dealkylation sites (tertiary alicyclic amines) is 1. The molecule has 3 rings (SSSR count). The molecule has 1 fully saturated rings. The van der Waals surface area contributed by atoms with Gasteiger partial charge in [-0.25, -0.2) is 9.37 Å². The Bertz CT molecular complexity index is 781. The number of halogens is 1. The zero-order chi connectivity index (χ0) is 18.5. The number of rotatable bonds is 6. The maximum atomic E-state index is 13.4. The van der Waals surface area contributed by atoms with E-state index in [1.54, 1.807) is 25.3 Å². The van der Waals surface area contributed by atoms with Crippen molar-refractivity contribution in [1.82, 2.24) is 9.88 Å². The van der Waals surface area contributed by atoms with Gasteiger partial charge in [0.05, 0.1) is 0 Å². The number of carbonyl (C=O) groups is 1. The van der Waals surface area contributed by atoms with E-state index in [2.05, 4.69) is 4.98 Å². The number of aryl methyl sites for hydroxylation is 1. The number of hydrogen-bond acceptors (Lipinski definition) is 4. The van der Waals surface area contributed by atoms with Crippen molar-refractivity contribution in [2.45, 2.75) is 19.8 Å². The van der Waals surface area contributed by atoms with Crippen LogP contribution in [0.3, 0.4) is 0 Å². The highest BCUT2D eigenvalue weighted by Gasteiger charge is 2.29. The Labute approximate surface area is 153 Å². The Morgan fingerprint density at radius 3 is 3.04 bits per heavy atom. The molecule has 1 aromatic heterocycles. The summed E-state index contributed by atoms with van der Waals surface area (Å²) in [6.07, 6.45) is 3.36. The first-order chi connectivity index (χ1) is 12.6. The summed E-state index contributed by atoms with van der Waals surface area (Å²) in [6.45, 7) is 3.86. The third kappa shape index (κ3) is 4.19. The lowest BCUT2D eigenvalue weighted by Gasteiger charge is -2.18. The Hall–Kier alpha value is -2.47. The average molecular weight is 357 g/mol. The zero-order valence-electron chi connectivity index (χ0n) is 15.0. The fourth-order valence-electron chi connectivity index (χ4n) is 3.34. The predicted molar refractivity (Wildman–Crippen MR) is 97.6 cm³/mol. The summed E-state index contributed by atoms with van der Waals surface area (Å²) < 4.78 is 19.0. The van der Waals surface area contributed by atoms with Gasteiger partial charge >= 0.3 is 0 Å². The molecule has 0 radical (unpaired) electrons. The minimum Gasteiger partial charge on any atom is -0.490 e. The summed E-state index contributed by atoms with van der Waals surface area (Å²) in [5.41, 5.74) is 7.57. The van der Waals surface area contributed by atoms with Crippen molar-refractivity contribution in [3.05, 3.63) is 59.2 Å². The summed E-state index contributed by atoms with van der Waals surface area (Å²) in [6, 6.07) is 8.70. The third-order valence-corrected chi connectivity index (χ3v) is 4.67. The maximum absolute atomic E-state index is 13.4. The van der Waals surface area contributed by atoms with Gasteiger partial charge in [0.15, 0.2) is 11.4 Å². The summed E-state index contributed by atoms with van der Waals surface area (Å²) in [7, 11) is 0. The second-order valence-corrected chi connectivity index (χ2v) is 6.68. The first-order valence-electron chi connectivity index (χ1n) is 8.90. The number of ether oxygens (including phenoxy) is 1. The Morgan fingerprint density at radius 1 is 1.42 bits per heavy atom. The highest BCUT2D eigenvalue weighted by atomic mass is 19.1. The average Bonchev–Trinajstić information content (AvgIpc) is 3.11. The molecule has 2 N–H and O–H groups in total. The van der Waals surface area contributed by atoms with Gasteiger partial charge in [-0.05, 0) is 55.0 Å². The van der Waals surface area contributed by atoms with Crippen LogP contribution >= 0.6 is 0 Å². The van der Waals surface area contributed by atoms with Crippen molar-refractivity contribution in [1.29, 1.82) is 0 Å². The molecule has 1 amide bonds. The molecule has 138 valence electrons. The van der Waals surface area contributed by atoms with E-state index >= 15 is 0 Å². The molecule has 0 spiro atoms. The molecule has 6 heteroatoms. The van der Waals surface area contributed by atoms with Crippen molar-refractivity contribution in [3.63, 3.8) is 0 Å². The van der Waals surface area contributed by atoms with Crippen LogP contribution in [0.2, 0.25) is 0 Å². The van der Waals surface area contributed by atoms with Crippen molar-refractivity contribution >= 4 is 5.91 Å². The molecule has 2 aromatic rings. The van der Waals surface area contributed by atoms with Crippen LogP contribution in [-0.2, 0) is 6.42 Å². The van der Waals surface area contributed by atoms with Crippen LogP contribution in [0.15, 0.2) is 36.5 Å². The van der Waals surface area contributed by atoms with Gasteiger partial charge in [0, 0.05) is 25.8 Å². The van der Waals surface area contributed by atoms with E-state index in [1.807, 2.05) is 17.0 Å². The zero-order valence-corrected chi connectivity index (χ0v) is 15.0. The summed E-state index contributed by atoms with van der Waals surface area (Å²) in [5, 5.41) is 0. The molecular weight excluding hydrogens is 333 g/mol. The number of aromatic nitrogens is 1. The van der Waals surface area contributed by atoms with E-state index in [1.165, 1.54) is 6.07 Å². The van der Waals surface area contributed by atoms with Crippen LogP contribution in [0.1, 0.15) is 28.0 Å². The first-order valence-corrected chi connectivity index (χ1v) is 8.90. The molecule has 5 nitrogen and oxygen atoms in total. The molecule has 1 atom stereocenters. The van der Waals surface area contributed by atoms with Gasteiger partial charge in [-0.2, -0.15) is 0 Å². The largest absolute Gasteiger partial charge is 0.490 e. The van der Waals surface area contributed by atoms with E-state index in [9.17, 15) is 9.18 Å². The van der Waals surface area contributed by atoms with Crippen LogP contribution in [0.4, 0.5) is 4.39 Å². The Morgan fingerprint density at radius 2 is 2.27 bits per heavy atom. The molecule has 1 aromatic carbocycles. The summed E-state index contributed by atoms with van der Waals surface area (Å²) >= 11 is 0. The Kier molecular flexibility index (Phi) is 5.83. The monoisotopic (exact) mass is 357 g/mol. The lowest BCUT2D eigenvalue weighted by molar-refractivity contribution is 0.0776. The SMILES string of the molecule is Cc1cc(CC2CCN(C(=O)c3ncccc3OCCN)C2)ccc1F. The number of amides is 1. The fourth-order valence-corrected chi connectivity index (χ4v) is 3.34. The molecule has 0 aliphatic carbocycles. The van der Waals surface area contributed by atoms with Crippen LogP contribution in [-0.4, -0.2) is 42.0 Å². The molecule has 26 heavy (non-hydrogen) atoms. The molecule has 1 unspecified atom stereocenters. The number of pyridine rings is 1. The van der Waals surface area contributed by atoms with Crippen molar-refractivity contribution in [2.75, 3.05) is 26.2 Å². The van der Waals surface area contributed by atoms with Crippen molar-refractivity contribution in [2.24, 2.45) is 11.7 Å². The topological polar surface area (TPSA) is 68.5 Å². The lowest BCUT2D eigenvalue weighted by atomic mass is 9.97. The molecule has 2 heterocycles. The minimum atomic E-state index is -0.183. The van der Waals surface area contributed by atoms with E-state index in [0.29, 0.717) is 49.2 Å². The number of nitrogens with zero attached hydrogens (tertiary/aromatic N) is 2. The van der Waals surface area contributed by atoms with Gasteiger partial charge in [-0.3, -0.25) is 4.79 Å². The highest BCUT2D eigenvalue weighted by Crippen LogP contribution is 2.25. The van der Waals surface area contributed by atoms with Gasteiger partial charge in [-0.1, -0.05) is 12.1 Å². The van der Waals surface area contributed by atoms with Crippen molar-refractivity contribution in [3.8, 4) is 5.75 Å². The lowest BCUT2D eigenvalue weighted by Crippen LogP contribution is -2.30. The minimum absolute atomic E-state index is 0.115. The fraction of sp³-hybridized carbons (Fsp3) is 0.400. The maximum Gasteiger partial charge on any atom is 0.276 e. The molecule has 1 aliphatic rings. The molecule has 0 bridgehead atoms. The van der Waals surface area contributed by atoms with E-state index < -0.39 is 0 Å². The Balaban J connectivity index is 1.65. The van der Waals surface area contributed by atoms with Crippen molar-refractivity contribution < 1.29 is 13.9 Å². The smallest absolute Gasteiger partial charge is 0.276 e. The van der Waals surface area contributed by atoms with Crippen LogP contribution < -0.4 is 10.5 Å². The van der Waals surface area contributed by atoms with E-state index in [-0.39, 0.29) is 11.7 Å². The van der Waals surface area contributed by atoms with Gasteiger partial charge < -0.3 is 15.4 Å². The number of nitrogens with two attached hydrogens (primary N) is 1. The molecule has 1 aliphatic heterocycles. The number of carbonyl (C=O) groups excluding carboxylic acids is 1. The quantitative estimate of drug-likeness (QED) is 0.863. The predicted octanol–water partition coefficient (Wildman–Crippen LogP) is 2.57. The number of hydrogen-bond donors (Lipinski definition) is 1. The van der Waals surface area contributed by atoms with Gasteiger partial charge in [0.25, 0.3) is 5.91 Å².